The molecule has 0 bridgehead atoms. The Labute approximate surface area is 74.4 Å². The maximum absolute atomic E-state index is 10.7. The molecule has 0 fully saturated rings. The molecule has 64 valence electrons. The molecule has 0 saturated carbocycles. The zero-order valence-corrected chi connectivity index (χ0v) is 7.37. The van der Waals surface area contributed by atoms with E-state index in [-0.39, 0.29) is 11.7 Å². The van der Waals surface area contributed by atoms with Gasteiger partial charge in [0, 0.05) is 6.20 Å². The number of carbonyl (C=O) groups excluding carboxylic acids is 1. The molecule has 1 aromatic rings. The van der Waals surface area contributed by atoms with Gasteiger partial charge in [-0.1, -0.05) is 11.8 Å². The normalized spacial score (nSPS) is 9.42. The van der Waals surface area contributed by atoms with E-state index < -0.39 is 0 Å². The van der Waals surface area contributed by atoms with Gasteiger partial charge in [-0.3, -0.25) is 4.79 Å². The van der Waals surface area contributed by atoms with Crippen molar-refractivity contribution in [2.45, 2.75) is 5.03 Å². The molecular weight excluding hydrogens is 176 g/mol. The van der Waals surface area contributed by atoms with Gasteiger partial charge >= 0.3 is 5.97 Å². The molecule has 0 N–H and O–H groups in total. The van der Waals surface area contributed by atoms with Crippen LogP contribution in [0.15, 0.2) is 23.6 Å². The summed E-state index contributed by atoms with van der Waals surface area (Å²) in [7, 11) is 1.36. The highest BCUT2D eigenvalue weighted by molar-refractivity contribution is 7.99. The molecule has 12 heavy (non-hydrogen) atoms. The second-order valence-corrected chi connectivity index (χ2v) is 2.91. The van der Waals surface area contributed by atoms with Gasteiger partial charge in [-0.2, -0.15) is 0 Å². The van der Waals surface area contributed by atoms with Gasteiger partial charge in [0.15, 0.2) is 0 Å². The molecule has 0 atom stereocenters. The summed E-state index contributed by atoms with van der Waals surface area (Å²) in [4.78, 5) is 18.4. The number of esters is 1. The van der Waals surface area contributed by atoms with Crippen LogP contribution in [0.5, 0.6) is 0 Å². The van der Waals surface area contributed by atoms with E-state index in [4.69, 9.17) is 0 Å². The minimum absolute atomic E-state index is 0.251. The van der Waals surface area contributed by atoms with Gasteiger partial charge in [-0.05, 0) is 6.07 Å². The van der Waals surface area contributed by atoms with Crippen LogP contribution in [0.1, 0.15) is 0 Å². The average molecular weight is 184 g/mol. The number of rotatable bonds is 3. The molecule has 0 amide bonds. The summed E-state index contributed by atoms with van der Waals surface area (Å²) < 4.78 is 4.47. The van der Waals surface area contributed by atoms with Crippen molar-refractivity contribution in [1.82, 2.24) is 9.97 Å². The van der Waals surface area contributed by atoms with Gasteiger partial charge < -0.3 is 4.74 Å². The molecule has 1 heterocycles. The molecule has 0 radical (unpaired) electrons. The molecule has 0 aliphatic carbocycles. The van der Waals surface area contributed by atoms with Crippen molar-refractivity contribution in [1.29, 1.82) is 0 Å². The van der Waals surface area contributed by atoms with Crippen LogP contribution in [-0.2, 0) is 9.53 Å². The van der Waals surface area contributed by atoms with Crippen LogP contribution in [0.3, 0.4) is 0 Å². The van der Waals surface area contributed by atoms with Crippen LogP contribution in [0.25, 0.3) is 0 Å². The number of thioether (sulfide) groups is 1. The number of nitrogens with zero attached hydrogens (tertiary/aromatic N) is 2. The lowest BCUT2D eigenvalue weighted by Crippen LogP contribution is -2.03. The quantitative estimate of drug-likeness (QED) is 0.394. The topological polar surface area (TPSA) is 52.1 Å². The lowest BCUT2D eigenvalue weighted by molar-refractivity contribution is -0.137. The first-order chi connectivity index (χ1) is 5.83. The molecule has 1 rings (SSSR count). The van der Waals surface area contributed by atoms with Crippen molar-refractivity contribution in [3.8, 4) is 0 Å². The highest BCUT2D eigenvalue weighted by Gasteiger charge is 2.01. The Morgan fingerprint density at radius 2 is 2.58 bits per heavy atom. The average Bonchev–Trinajstić information content (AvgIpc) is 2.16. The fourth-order valence-corrected chi connectivity index (χ4v) is 1.22. The third kappa shape index (κ3) is 2.87. The molecule has 0 aliphatic heterocycles. The van der Waals surface area contributed by atoms with Gasteiger partial charge in [0.05, 0.1) is 17.9 Å². The minimum Gasteiger partial charge on any atom is -0.468 e. The second-order valence-electron chi connectivity index (χ2n) is 1.91. The monoisotopic (exact) mass is 184 g/mol. The zero-order chi connectivity index (χ0) is 8.81. The molecule has 1 aromatic heterocycles. The van der Waals surface area contributed by atoms with Gasteiger partial charge in [-0.15, -0.1) is 0 Å². The van der Waals surface area contributed by atoms with E-state index in [1.54, 1.807) is 12.3 Å². The van der Waals surface area contributed by atoms with Crippen LogP contribution >= 0.6 is 11.8 Å². The predicted molar refractivity (Wildman–Crippen MR) is 44.8 cm³/mol. The Morgan fingerprint density at radius 3 is 3.17 bits per heavy atom. The van der Waals surface area contributed by atoms with Crippen LogP contribution < -0.4 is 0 Å². The van der Waals surface area contributed by atoms with E-state index in [1.807, 2.05) is 0 Å². The van der Waals surface area contributed by atoms with E-state index in [1.165, 1.54) is 25.2 Å². The van der Waals surface area contributed by atoms with Crippen LogP contribution in [0.2, 0.25) is 0 Å². The Morgan fingerprint density at radius 1 is 1.75 bits per heavy atom. The molecule has 0 aliphatic rings. The molecule has 0 aromatic carbocycles. The van der Waals surface area contributed by atoms with Crippen molar-refractivity contribution in [3.63, 3.8) is 0 Å². The zero-order valence-electron chi connectivity index (χ0n) is 6.56. The van der Waals surface area contributed by atoms with E-state index in [0.717, 1.165) is 5.03 Å². The Balaban J connectivity index is 2.38. The summed E-state index contributed by atoms with van der Waals surface area (Å²) in [5.41, 5.74) is 0. The number of ether oxygens (including phenoxy) is 1. The lowest BCUT2D eigenvalue weighted by Gasteiger charge is -1.97. The van der Waals surface area contributed by atoms with Crippen molar-refractivity contribution in [2.75, 3.05) is 12.9 Å². The van der Waals surface area contributed by atoms with Gasteiger partial charge in [0.25, 0.3) is 0 Å². The molecule has 4 nitrogen and oxygen atoms in total. The van der Waals surface area contributed by atoms with Gasteiger partial charge in [-0.25, -0.2) is 9.97 Å². The van der Waals surface area contributed by atoms with Crippen molar-refractivity contribution in [2.24, 2.45) is 0 Å². The first-order valence-corrected chi connectivity index (χ1v) is 4.27. The molecule has 0 spiro atoms. The summed E-state index contributed by atoms with van der Waals surface area (Å²) >= 11 is 1.33. The molecule has 0 unspecified atom stereocenters. The fourth-order valence-electron chi connectivity index (χ4n) is 0.556. The largest absolute Gasteiger partial charge is 0.468 e. The standard InChI is InChI=1S/C7H8N2O2S/c1-11-7(10)4-12-6-2-3-8-5-9-6/h2-3,5H,4H2,1H3. The van der Waals surface area contributed by atoms with Crippen molar-refractivity contribution >= 4 is 17.7 Å². The smallest absolute Gasteiger partial charge is 0.316 e. The number of hydrogen-bond acceptors (Lipinski definition) is 5. The Hall–Kier alpha value is -1.10. The van der Waals surface area contributed by atoms with Crippen LogP contribution in [-0.4, -0.2) is 28.8 Å². The summed E-state index contributed by atoms with van der Waals surface area (Å²) in [6.45, 7) is 0. The van der Waals surface area contributed by atoms with Crippen molar-refractivity contribution in [3.05, 3.63) is 18.6 Å². The predicted octanol–water partition coefficient (Wildman–Crippen LogP) is 0.742. The van der Waals surface area contributed by atoms with E-state index in [0.29, 0.717) is 0 Å². The number of hydrogen-bond donors (Lipinski definition) is 0. The van der Waals surface area contributed by atoms with Crippen molar-refractivity contribution < 1.29 is 9.53 Å². The third-order valence-corrected chi connectivity index (χ3v) is 2.04. The van der Waals surface area contributed by atoms with Crippen LogP contribution in [0, 0.1) is 0 Å². The summed E-state index contributed by atoms with van der Waals surface area (Å²) in [5, 5.41) is 0.774. The van der Waals surface area contributed by atoms with E-state index in [9.17, 15) is 4.79 Å². The SMILES string of the molecule is COC(=O)CSc1ccncn1. The number of methoxy groups -OCH3 is 1. The minimum atomic E-state index is -0.251. The molecule has 0 saturated heterocycles. The summed E-state index contributed by atoms with van der Waals surface area (Å²) in [6.07, 6.45) is 3.08. The number of aromatic nitrogens is 2. The van der Waals surface area contributed by atoms with Gasteiger partial charge in [0.2, 0.25) is 0 Å². The first-order valence-electron chi connectivity index (χ1n) is 3.28. The number of carbonyl (C=O) groups is 1. The summed E-state index contributed by atoms with van der Waals surface area (Å²) in [6, 6.07) is 1.74. The third-order valence-electron chi connectivity index (χ3n) is 1.12. The maximum Gasteiger partial charge on any atom is 0.316 e. The highest BCUT2D eigenvalue weighted by Crippen LogP contribution is 2.12. The highest BCUT2D eigenvalue weighted by atomic mass is 32.2. The molecular formula is C7H8N2O2S. The molecule has 5 heteroatoms. The second kappa shape index (κ2) is 4.71. The maximum atomic E-state index is 10.7. The van der Waals surface area contributed by atoms with Gasteiger partial charge in [0.1, 0.15) is 6.33 Å². The van der Waals surface area contributed by atoms with Crippen LogP contribution in [0.4, 0.5) is 0 Å². The fraction of sp³-hybridized carbons (Fsp3) is 0.286. The lowest BCUT2D eigenvalue weighted by atomic mass is 10.7. The van der Waals surface area contributed by atoms with E-state index in [2.05, 4.69) is 14.7 Å². The first kappa shape index (κ1) is 8.99. The summed E-state index contributed by atoms with van der Waals surface area (Å²) in [5.74, 6) is 0.0339. The Kier molecular flexibility index (Phi) is 3.53. The van der Waals surface area contributed by atoms with E-state index >= 15 is 0 Å². The Bertz CT molecular complexity index is 253.